The van der Waals surface area contributed by atoms with Gasteiger partial charge in [0.05, 0.1) is 25.4 Å². The minimum atomic E-state index is -1.82. The number of hydrogen-bond donors (Lipinski definition) is 4. The molecule has 4 heterocycles. The van der Waals surface area contributed by atoms with Crippen LogP contribution in [0.15, 0.2) is 0 Å². The van der Waals surface area contributed by atoms with Crippen LogP contribution in [-0.4, -0.2) is 72.7 Å². The van der Waals surface area contributed by atoms with E-state index in [4.69, 9.17) is 29.3 Å². The van der Waals surface area contributed by atoms with Crippen molar-refractivity contribution in [1.82, 2.24) is 10.6 Å². The molecule has 0 amide bonds. The fourth-order valence-electron chi connectivity index (χ4n) is 2.58. The molecule has 4 rings (SSSR count). The maximum Gasteiger partial charge on any atom is 0.414 e. The van der Waals surface area contributed by atoms with Gasteiger partial charge in [-0.2, -0.15) is 0 Å². The molecule has 0 aromatic carbocycles. The summed E-state index contributed by atoms with van der Waals surface area (Å²) in [4.78, 5) is 18.2. The Bertz CT molecular complexity index is 294. The van der Waals surface area contributed by atoms with Crippen LogP contribution in [0.1, 0.15) is 12.8 Å². The Kier molecular flexibility index (Phi) is 5.30. The summed E-state index contributed by atoms with van der Waals surface area (Å²) >= 11 is 0. The largest absolute Gasteiger partial charge is 0.473 e. The van der Waals surface area contributed by atoms with E-state index >= 15 is 0 Å². The molecule has 20 heavy (non-hydrogen) atoms. The number of ether oxygens (including phenoxy) is 2. The number of rotatable bonds is 0. The molecule has 0 saturated carbocycles. The van der Waals surface area contributed by atoms with Crippen molar-refractivity contribution in [1.29, 1.82) is 0 Å². The zero-order valence-electron chi connectivity index (χ0n) is 11.1. The van der Waals surface area contributed by atoms with Gasteiger partial charge >= 0.3 is 11.9 Å². The topological polar surface area (TPSA) is 117 Å². The average Bonchev–Trinajstić information content (AvgIpc) is 3.22. The molecule has 0 spiro atoms. The first-order valence-electron chi connectivity index (χ1n) is 6.70. The van der Waals surface area contributed by atoms with E-state index in [0.717, 1.165) is 26.3 Å². The summed E-state index contributed by atoms with van der Waals surface area (Å²) in [5.74, 6) is -3.65. The Labute approximate surface area is 116 Å². The molecule has 4 fully saturated rings. The van der Waals surface area contributed by atoms with Crippen molar-refractivity contribution in [2.45, 2.75) is 37.1 Å². The maximum absolute atomic E-state index is 9.10. The van der Waals surface area contributed by atoms with Crippen LogP contribution in [0.5, 0.6) is 0 Å². The summed E-state index contributed by atoms with van der Waals surface area (Å²) in [6, 6.07) is 1.40. The second-order valence-corrected chi connectivity index (χ2v) is 5.20. The number of aliphatic carboxylic acids is 2. The Morgan fingerprint density at radius 1 is 0.850 bits per heavy atom. The van der Waals surface area contributed by atoms with Gasteiger partial charge < -0.3 is 30.3 Å². The van der Waals surface area contributed by atoms with E-state index < -0.39 is 11.9 Å². The van der Waals surface area contributed by atoms with Crippen LogP contribution in [-0.2, 0) is 19.1 Å². The van der Waals surface area contributed by atoms with E-state index in [2.05, 4.69) is 10.6 Å². The van der Waals surface area contributed by atoms with E-state index in [-0.39, 0.29) is 0 Å². The van der Waals surface area contributed by atoms with E-state index in [1.165, 1.54) is 12.8 Å². The molecule has 8 heteroatoms. The van der Waals surface area contributed by atoms with Gasteiger partial charge in [0.25, 0.3) is 0 Å². The molecule has 4 bridgehead atoms. The van der Waals surface area contributed by atoms with E-state index in [0.29, 0.717) is 24.3 Å². The van der Waals surface area contributed by atoms with Gasteiger partial charge in [-0.25, -0.2) is 9.59 Å². The normalized spacial score (nSPS) is 35.8. The molecule has 4 saturated heterocycles. The van der Waals surface area contributed by atoms with Crippen molar-refractivity contribution in [2.75, 3.05) is 26.3 Å². The van der Waals surface area contributed by atoms with Gasteiger partial charge in [0, 0.05) is 25.2 Å². The van der Waals surface area contributed by atoms with Crippen LogP contribution in [0.2, 0.25) is 0 Å². The second kappa shape index (κ2) is 6.98. The van der Waals surface area contributed by atoms with Crippen molar-refractivity contribution in [3.05, 3.63) is 0 Å². The molecule has 4 aliphatic heterocycles. The molecular formula is C12H20N2O6. The molecule has 8 nitrogen and oxygen atoms in total. The van der Waals surface area contributed by atoms with Crippen molar-refractivity contribution >= 4 is 11.9 Å². The number of carboxylic acid groups (broad SMARTS) is 2. The number of hydrogen-bond acceptors (Lipinski definition) is 6. The zero-order valence-corrected chi connectivity index (χ0v) is 11.1. The standard InChI is InChI=1S/2C5H9NO.C2H2O4/c2*1-4-3-7-5(1)2-6-4;3-1(4)2(5)6/h2*4-6H,1-3H2;(H,3,4)(H,5,6)/t2*4-,5-;/m00./s1. The van der Waals surface area contributed by atoms with Gasteiger partial charge in [-0.15, -0.1) is 0 Å². The Morgan fingerprint density at radius 2 is 1.25 bits per heavy atom. The molecule has 4 aliphatic rings. The number of carboxylic acids is 2. The second-order valence-electron chi connectivity index (χ2n) is 5.20. The first-order chi connectivity index (χ1) is 9.54. The van der Waals surface area contributed by atoms with Gasteiger partial charge in [0.2, 0.25) is 0 Å². The lowest BCUT2D eigenvalue weighted by Gasteiger charge is -2.09. The lowest BCUT2D eigenvalue weighted by Crippen LogP contribution is -2.30. The summed E-state index contributed by atoms with van der Waals surface area (Å²) in [5.41, 5.74) is 0. The first kappa shape index (κ1) is 15.2. The molecule has 0 aliphatic carbocycles. The van der Waals surface area contributed by atoms with Crippen LogP contribution >= 0.6 is 0 Å². The molecule has 0 radical (unpaired) electrons. The molecular weight excluding hydrogens is 268 g/mol. The number of nitrogens with one attached hydrogen (secondary N) is 2. The van der Waals surface area contributed by atoms with Gasteiger partial charge in [0.1, 0.15) is 0 Å². The summed E-state index contributed by atoms with van der Waals surface area (Å²) in [5, 5.41) is 21.4. The molecule has 114 valence electrons. The summed E-state index contributed by atoms with van der Waals surface area (Å²) in [7, 11) is 0. The predicted octanol–water partition coefficient (Wildman–Crippen LogP) is -1.35. The third-order valence-electron chi connectivity index (χ3n) is 3.61. The zero-order chi connectivity index (χ0) is 14.5. The summed E-state index contributed by atoms with van der Waals surface area (Å²) in [6.07, 6.45) is 3.62. The number of morpholine rings is 2. The fourth-order valence-corrected chi connectivity index (χ4v) is 2.58. The SMILES string of the molecule is C1O[C@@H]2CN[C@H]1C2.C1O[C@@H]2CN[C@H]1C2.O=C(O)C(=O)O. The molecule has 4 atom stereocenters. The highest BCUT2D eigenvalue weighted by atomic mass is 16.5. The van der Waals surface area contributed by atoms with E-state index in [9.17, 15) is 0 Å². The quantitative estimate of drug-likeness (QED) is 0.404. The third-order valence-corrected chi connectivity index (χ3v) is 3.61. The monoisotopic (exact) mass is 288 g/mol. The van der Waals surface area contributed by atoms with Crippen molar-refractivity contribution in [3.8, 4) is 0 Å². The first-order valence-corrected chi connectivity index (χ1v) is 6.70. The molecule has 0 aromatic heterocycles. The maximum atomic E-state index is 9.10. The Morgan fingerprint density at radius 3 is 1.30 bits per heavy atom. The Balaban J connectivity index is 0.000000111. The highest BCUT2D eigenvalue weighted by Gasteiger charge is 2.31. The minimum absolute atomic E-state index is 0.560. The third kappa shape index (κ3) is 4.41. The van der Waals surface area contributed by atoms with Crippen LogP contribution in [0.4, 0.5) is 0 Å². The van der Waals surface area contributed by atoms with E-state index in [1.54, 1.807) is 0 Å². The van der Waals surface area contributed by atoms with Gasteiger partial charge in [0.15, 0.2) is 0 Å². The molecule has 0 aromatic rings. The number of fused-ring (bicyclic) bond motifs is 4. The highest BCUT2D eigenvalue weighted by molar-refractivity contribution is 6.27. The van der Waals surface area contributed by atoms with Gasteiger partial charge in [-0.3, -0.25) is 0 Å². The average molecular weight is 288 g/mol. The van der Waals surface area contributed by atoms with Crippen LogP contribution in [0, 0.1) is 0 Å². The highest BCUT2D eigenvalue weighted by Crippen LogP contribution is 2.18. The number of carbonyl (C=O) groups is 2. The van der Waals surface area contributed by atoms with E-state index in [1.807, 2.05) is 0 Å². The summed E-state index contributed by atoms with van der Waals surface area (Å²) in [6.45, 7) is 4.07. The lowest BCUT2D eigenvalue weighted by molar-refractivity contribution is -0.159. The lowest BCUT2D eigenvalue weighted by atomic mass is 10.3. The molecule has 4 N–H and O–H groups in total. The van der Waals surface area contributed by atoms with Crippen LogP contribution < -0.4 is 10.6 Å². The van der Waals surface area contributed by atoms with Crippen LogP contribution in [0.25, 0.3) is 0 Å². The predicted molar refractivity (Wildman–Crippen MR) is 67.6 cm³/mol. The summed E-state index contributed by atoms with van der Waals surface area (Å²) < 4.78 is 10.6. The Hall–Kier alpha value is -1.22. The smallest absolute Gasteiger partial charge is 0.414 e. The van der Waals surface area contributed by atoms with Crippen molar-refractivity contribution < 1.29 is 29.3 Å². The van der Waals surface area contributed by atoms with Gasteiger partial charge in [-0.05, 0) is 12.8 Å². The van der Waals surface area contributed by atoms with Gasteiger partial charge in [-0.1, -0.05) is 0 Å². The fraction of sp³-hybridized carbons (Fsp3) is 0.833. The van der Waals surface area contributed by atoms with Crippen LogP contribution in [0.3, 0.4) is 0 Å². The minimum Gasteiger partial charge on any atom is -0.473 e. The van der Waals surface area contributed by atoms with Crippen molar-refractivity contribution in [3.63, 3.8) is 0 Å². The molecule has 0 unspecified atom stereocenters. The van der Waals surface area contributed by atoms with Crippen molar-refractivity contribution in [2.24, 2.45) is 0 Å².